The normalized spacial score (nSPS) is 13.7. The summed E-state index contributed by atoms with van der Waals surface area (Å²) >= 11 is 0. The fourth-order valence-electron chi connectivity index (χ4n) is 2.05. The average Bonchev–Trinajstić information content (AvgIpc) is 2.76. The third kappa shape index (κ3) is 3.33. The molecule has 2 aromatic rings. The molecule has 1 atom stereocenters. The van der Waals surface area contributed by atoms with Crippen molar-refractivity contribution in [1.82, 2.24) is 5.32 Å². The number of halogens is 2. The van der Waals surface area contributed by atoms with E-state index in [1.54, 1.807) is 19.9 Å². The molecule has 2 N–H and O–H groups in total. The Kier molecular flexibility index (Phi) is 4.32. The Labute approximate surface area is 126 Å². The zero-order valence-electron chi connectivity index (χ0n) is 12.5. The van der Waals surface area contributed by atoms with E-state index >= 15 is 0 Å². The molecular weight excluding hydrogens is 292 g/mol. The molecule has 6 heteroatoms. The smallest absolute Gasteiger partial charge is 0.287 e. The van der Waals surface area contributed by atoms with Crippen molar-refractivity contribution in [2.75, 3.05) is 6.54 Å². The number of carbonyl (C=O) groups excluding carboxylic acids is 1. The highest BCUT2D eigenvalue weighted by Gasteiger charge is 2.28. The van der Waals surface area contributed by atoms with Gasteiger partial charge in [-0.3, -0.25) is 4.79 Å². The van der Waals surface area contributed by atoms with Gasteiger partial charge in [0.05, 0.1) is 6.54 Å². The lowest BCUT2D eigenvalue weighted by atomic mass is 9.95. The molecule has 0 saturated heterocycles. The molecule has 1 heterocycles. The Hall–Kier alpha value is -2.21. The van der Waals surface area contributed by atoms with Crippen molar-refractivity contribution in [2.24, 2.45) is 0 Å². The monoisotopic (exact) mass is 309 g/mol. The van der Waals surface area contributed by atoms with Gasteiger partial charge >= 0.3 is 0 Å². The first-order valence-corrected chi connectivity index (χ1v) is 6.74. The van der Waals surface area contributed by atoms with Crippen LogP contribution < -0.4 is 5.32 Å². The second kappa shape index (κ2) is 5.88. The minimum absolute atomic E-state index is 0.0963. The van der Waals surface area contributed by atoms with Gasteiger partial charge in [0.2, 0.25) is 0 Å². The first-order chi connectivity index (χ1) is 10.2. The summed E-state index contributed by atoms with van der Waals surface area (Å²) in [6.45, 7) is 4.63. The Morgan fingerprint density at radius 1 is 1.32 bits per heavy atom. The molecule has 0 spiro atoms. The van der Waals surface area contributed by atoms with Gasteiger partial charge in [-0.25, -0.2) is 8.78 Å². The van der Waals surface area contributed by atoms with Gasteiger partial charge in [-0.05, 0) is 38.5 Å². The van der Waals surface area contributed by atoms with Gasteiger partial charge in [-0.1, -0.05) is 6.07 Å². The maximum atomic E-state index is 13.7. The van der Waals surface area contributed by atoms with Crippen LogP contribution in [-0.4, -0.2) is 17.6 Å². The van der Waals surface area contributed by atoms with Crippen molar-refractivity contribution < 1.29 is 23.1 Å². The maximum Gasteiger partial charge on any atom is 0.287 e. The highest BCUT2D eigenvalue weighted by molar-refractivity contribution is 5.91. The van der Waals surface area contributed by atoms with Crippen LogP contribution in [0, 0.1) is 25.5 Å². The molecule has 1 unspecified atom stereocenters. The summed E-state index contributed by atoms with van der Waals surface area (Å²) in [6.07, 6.45) is 0. The zero-order valence-corrected chi connectivity index (χ0v) is 12.5. The summed E-state index contributed by atoms with van der Waals surface area (Å²) in [5.41, 5.74) is -0.938. The minimum atomic E-state index is -1.68. The number of rotatable bonds is 4. The molecule has 4 nitrogen and oxygen atoms in total. The Morgan fingerprint density at radius 3 is 2.55 bits per heavy atom. The van der Waals surface area contributed by atoms with Crippen LogP contribution in [0.5, 0.6) is 0 Å². The fraction of sp³-hybridized carbons (Fsp3) is 0.312. The molecule has 1 amide bonds. The highest BCUT2D eigenvalue weighted by atomic mass is 19.1. The zero-order chi connectivity index (χ0) is 16.5. The molecule has 0 aliphatic heterocycles. The standard InChI is InChI=1S/C16H17F2NO3/c1-9-6-14(22-10(9)2)15(20)19-8-16(3,21)12-5-4-11(17)7-13(12)18/h4-7,21H,8H2,1-3H3,(H,19,20). The summed E-state index contributed by atoms with van der Waals surface area (Å²) in [5.74, 6) is -1.38. The second-order valence-corrected chi connectivity index (χ2v) is 5.43. The Balaban J connectivity index is 2.10. The van der Waals surface area contributed by atoms with Crippen molar-refractivity contribution in [3.63, 3.8) is 0 Å². The van der Waals surface area contributed by atoms with Crippen molar-refractivity contribution >= 4 is 5.91 Å². The summed E-state index contributed by atoms with van der Waals surface area (Å²) in [6, 6.07) is 4.47. The van der Waals surface area contributed by atoms with E-state index in [1.807, 2.05) is 0 Å². The molecule has 1 aromatic carbocycles. The van der Waals surface area contributed by atoms with Crippen molar-refractivity contribution in [3.8, 4) is 0 Å². The number of amides is 1. The molecule has 118 valence electrons. The topological polar surface area (TPSA) is 62.5 Å². The third-order valence-corrected chi connectivity index (χ3v) is 3.49. The number of nitrogens with one attached hydrogen (secondary N) is 1. The molecule has 0 radical (unpaired) electrons. The molecule has 22 heavy (non-hydrogen) atoms. The van der Waals surface area contributed by atoms with Crippen LogP contribution in [0.4, 0.5) is 8.78 Å². The van der Waals surface area contributed by atoms with Crippen LogP contribution in [-0.2, 0) is 5.60 Å². The van der Waals surface area contributed by atoms with Crippen molar-refractivity contribution in [3.05, 3.63) is 58.5 Å². The first kappa shape index (κ1) is 16.2. The Morgan fingerprint density at radius 2 is 2.00 bits per heavy atom. The summed E-state index contributed by atoms with van der Waals surface area (Å²) < 4.78 is 31.9. The summed E-state index contributed by atoms with van der Waals surface area (Å²) in [5, 5.41) is 12.8. The van der Waals surface area contributed by atoms with E-state index in [-0.39, 0.29) is 17.9 Å². The lowest BCUT2D eigenvalue weighted by Gasteiger charge is -2.24. The van der Waals surface area contributed by atoms with Crippen LogP contribution in [0.25, 0.3) is 0 Å². The van der Waals surface area contributed by atoms with Gasteiger partial charge < -0.3 is 14.8 Å². The molecule has 0 aliphatic rings. The molecule has 0 saturated carbocycles. The van der Waals surface area contributed by atoms with Gasteiger partial charge in [0.1, 0.15) is 23.0 Å². The highest BCUT2D eigenvalue weighted by Crippen LogP contribution is 2.23. The number of hydrogen-bond donors (Lipinski definition) is 2. The minimum Gasteiger partial charge on any atom is -0.456 e. The second-order valence-electron chi connectivity index (χ2n) is 5.43. The van der Waals surface area contributed by atoms with Crippen LogP contribution in [0.1, 0.15) is 34.4 Å². The van der Waals surface area contributed by atoms with Crippen LogP contribution in [0.2, 0.25) is 0 Å². The maximum absolute atomic E-state index is 13.7. The number of hydrogen-bond acceptors (Lipinski definition) is 3. The van der Waals surface area contributed by atoms with Crippen LogP contribution in [0.15, 0.2) is 28.7 Å². The van der Waals surface area contributed by atoms with Gasteiger partial charge in [0.25, 0.3) is 5.91 Å². The van der Waals surface area contributed by atoms with E-state index in [0.29, 0.717) is 11.8 Å². The van der Waals surface area contributed by atoms with Crippen molar-refractivity contribution in [1.29, 1.82) is 0 Å². The number of benzene rings is 1. The van der Waals surface area contributed by atoms with Gasteiger partial charge in [-0.15, -0.1) is 0 Å². The number of aryl methyl sites for hydroxylation is 2. The quantitative estimate of drug-likeness (QED) is 0.913. The number of aliphatic hydroxyl groups is 1. The molecular formula is C16H17F2NO3. The van der Waals surface area contributed by atoms with E-state index in [9.17, 15) is 18.7 Å². The lowest BCUT2D eigenvalue weighted by Crippen LogP contribution is -2.39. The van der Waals surface area contributed by atoms with Gasteiger partial charge in [0.15, 0.2) is 5.76 Å². The number of furan rings is 1. The van der Waals surface area contributed by atoms with E-state index in [1.165, 1.54) is 6.92 Å². The predicted octanol–water partition coefficient (Wildman–Crippen LogP) is 2.81. The fourth-order valence-corrected chi connectivity index (χ4v) is 2.05. The largest absolute Gasteiger partial charge is 0.456 e. The number of carbonyl (C=O) groups is 1. The van der Waals surface area contributed by atoms with Crippen LogP contribution >= 0.6 is 0 Å². The van der Waals surface area contributed by atoms with E-state index in [0.717, 1.165) is 17.7 Å². The third-order valence-electron chi connectivity index (χ3n) is 3.49. The lowest BCUT2D eigenvalue weighted by molar-refractivity contribution is 0.0487. The van der Waals surface area contributed by atoms with E-state index in [2.05, 4.69) is 5.32 Å². The average molecular weight is 309 g/mol. The molecule has 1 aromatic heterocycles. The van der Waals surface area contributed by atoms with Gasteiger partial charge in [0, 0.05) is 11.6 Å². The molecule has 2 rings (SSSR count). The summed E-state index contributed by atoms with van der Waals surface area (Å²) in [4.78, 5) is 12.0. The SMILES string of the molecule is Cc1cc(C(=O)NCC(C)(O)c2ccc(F)cc2F)oc1C. The molecule has 0 aliphatic carbocycles. The Bertz CT molecular complexity index is 688. The molecule has 0 bridgehead atoms. The molecule has 0 fully saturated rings. The predicted molar refractivity (Wildman–Crippen MR) is 76.4 cm³/mol. The van der Waals surface area contributed by atoms with E-state index < -0.39 is 23.1 Å². The van der Waals surface area contributed by atoms with Crippen LogP contribution in [0.3, 0.4) is 0 Å². The van der Waals surface area contributed by atoms with E-state index in [4.69, 9.17) is 4.42 Å². The first-order valence-electron chi connectivity index (χ1n) is 6.74. The van der Waals surface area contributed by atoms with Crippen molar-refractivity contribution in [2.45, 2.75) is 26.4 Å². The summed E-state index contributed by atoms with van der Waals surface area (Å²) in [7, 11) is 0. The van der Waals surface area contributed by atoms with Gasteiger partial charge in [-0.2, -0.15) is 0 Å².